The Morgan fingerprint density at radius 3 is 2.50 bits per heavy atom. The van der Waals surface area contributed by atoms with Gasteiger partial charge in [0.25, 0.3) is 5.78 Å². The second-order valence-corrected chi connectivity index (χ2v) is 5.91. The van der Waals surface area contributed by atoms with Crippen LogP contribution in [0.1, 0.15) is 43.0 Å². The molecule has 0 radical (unpaired) electrons. The molecule has 0 N–H and O–H groups in total. The number of esters is 1. The summed E-state index contributed by atoms with van der Waals surface area (Å²) < 4.78 is 16.5. The van der Waals surface area contributed by atoms with Gasteiger partial charge in [0.05, 0.1) is 19.8 Å². The number of benzene rings is 1. The first kappa shape index (κ1) is 16.8. The molecule has 0 saturated heterocycles. The fraction of sp³-hybridized carbons (Fsp3) is 0.500. The van der Waals surface area contributed by atoms with E-state index in [0.29, 0.717) is 16.0 Å². The Kier molecular flexibility index (Phi) is 5.83. The Bertz CT molecular complexity index is 564. The molecule has 1 aromatic rings. The maximum Gasteiger partial charge on any atom is 0.379 e. The van der Waals surface area contributed by atoms with E-state index in [1.165, 1.54) is 13.2 Å². The summed E-state index contributed by atoms with van der Waals surface area (Å²) in [5.74, 6) is -0.585. The van der Waals surface area contributed by atoms with Gasteiger partial charge in [-0.15, -0.1) is 0 Å². The number of methoxy groups -OCH3 is 1. The van der Waals surface area contributed by atoms with E-state index in [-0.39, 0.29) is 18.3 Å². The average Bonchev–Trinajstić information content (AvgIpc) is 3.00. The highest BCUT2D eigenvalue weighted by Crippen LogP contribution is 2.36. The molecule has 5 nitrogen and oxygen atoms in total. The molecule has 1 aliphatic rings. The maximum absolute atomic E-state index is 12.1. The van der Waals surface area contributed by atoms with Gasteiger partial charge in [-0.2, -0.15) is 0 Å². The van der Waals surface area contributed by atoms with Crippen molar-refractivity contribution in [1.29, 1.82) is 0 Å². The third-order valence-corrected chi connectivity index (χ3v) is 4.21. The predicted octanol–water partition coefficient (Wildman–Crippen LogP) is 3.52. The summed E-state index contributed by atoms with van der Waals surface area (Å²) in [5, 5.41) is 0. The lowest BCUT2D eigenvalue weighted by atomic mass is 10.1. The zero-order valence-corrected chi connectivity index (χ0v) is 14.3. The molecule has 1 saturated carbocycles. The van der Waals surface area contributed by atoms with Crippen molar-refractivity contribution in [2.45, 2.75) is 38.7 Å². The minimum Gasteiger partial charge on any atom is -0.493 e. The maximum atomic E-state index is 12.1. The number of ether oxygens (including phenoxy) is 3. The van der Waals surface area contributed by atoms with Crippen LogP contribution in [0.3, 0.4) is 0 Å². The molecule has 0 aromatic heterocycles. The highest BCUT2D eigenvalue weighted by Gasteiger charge is 2.24. The first-order valence-electron chi connectivity index (χ1n) is 7.32. The van der Waals surface area contributed by atoms with Crippen LogP contribution in [0.15, 0.2) is 16.6 Å². The molecule has 0 spiro atoms. The van der Waals surface area contributed by atoms with Gasteiger partial charge in [-0.3, -0.25) is 4.79 Å². The van der Waals surface area contributed by atoms with Gasteiger partial charge in [0.1, 0.15) is 0 Å². The number of Topliss-reactive ketones (excluding diaryl/α,β-unsaturated/α-hetero) is 1. The molecule has 0 aliphatic heterocycles. The molecule has 2 rings (SSSR count). The van der Waals surface area contributed by atoms with Crippen molar-refractivity contribution < 1.29 is 23.8 Å². The zero-order chi connectivity index (χ0) is 16.1. The van der Waals surface area contributed by atoms with Crippen LogP contribution in [-0.4, -0.2) is 31.6 Å². The summed E-state index contributed by atoms with van der Waals surface area (Å²) in [6.07, 6.45) is 4.53. The van der Waals surface area contributed by atoms with Gasteiger partial charge < -0.3 is 14.2 Å². The Labute approximate surface area is 138 Å². The van der Waals surface area contributed by atoms with E-state index in [9.17, 15) is 9.59 Å². The molecule has 1 aromatic carbocycles. The van der Waals surface area contributed by atoms with Gasteiger partial charge in [-0.25, -0.2) is 4.79 Å². The van der Waals surface area contributed by atoms with Gasteiger partial charge in [0.2, 0.25) is 0 Å². The van der Waals surface area contributed by atoms with Crippen LogP contribution in [0.4, 0.5) is 0 Å². The van der Waals surface area contributed by atoms with Crippen molar-refractivity contribution in [3.05, 3.63) is 22.2 Å². The monoisotopic (exact) mass is 370 g/mol. The second-order valence-electron chi connectivity index (χ2n) is 5.06. The van der Waals surface area contributed by atoms with Crippen molar-refractivity contribution >= 4 is 27.7 Å². The number of hydrogen-bond acceptors (Lipinski definition) is 5. The quantitative estimate of drug-likeness (QED) is 0.435. The van der Waals surface area contributed by atoms with Crippen LogP contribution in [0.25, 0.3) is 0 Å². The summed E-state index contributed by atoms with van der Waals surface area (Å²) in [6, 6.07) is 3.18. The fourth-order valence-corrected chi connectivity index (χ4v) is 2.96. The van der Waals surface area contributed by atoms with Gasteiger partial charge in [0.15, 0.2) is 11.5 Å². The molecule has 6 heteroatoms. The third kappa shape index (κ3) is 3.80. The van der Waals surface area contributed by atoms with E-state index in [1.807, 2.05) is 0 Å². The lowest BCUT2D eigenvalue weighted by Gasteiger charge is -2.17. The molecule has 22 heavy (non-hydrogen) atoms. The van der Waals surface area contributed by atoms with E-state index < -0.39 is 11.8 Å². The molecular weight excluding hydrogens is 352 g/mol. The highest BCUT2D eigenvalue weighted by atomic mass is 79.9. The third-order valence-electron chi connectivity index (χ3n) is 3.55. The van der Waals surface area contributed by atoms with Crippen LogP contribution in [0.2, 0.25) is 0 Å². The van der Waals surface area contributed by atoms with Crippen LogP contribution >= 0.6 is 15.9 Å². The van der Waals surface area contributed by atoms with E-state index >= 15 is 0 Å². The highest BCUT2D eigenvalue weighted by molar-refractivity contribution is 9.10. The average molecular weight is 371 g/mol. The fourth-order valence-electron chi connectivity index (χ4n) is 2.45. The van der Waals surface area contributed by atoms with Crippen LogP contribution in [0.5, 0.6) is 11.5 Å². The predicted molar refractivity (Wildman–Crippen MR) is 84.5 cm³/mol. The number of halogens is 1. The van der Waals surface area contributed by atoms with Crippen LogP contribution in [-0.2, 0) is 9.53 Å². The summed E-state index contributed by atoms with van der Waals surface area (Å²) >= 11 is 3.32. The number of carbonyl (C=O) groups is 2. The van der Waals surface area contributed by atoms with Crippen molar-refractivity contribution in [3.63, 3.8) is 0 Å². The standard InChI is InChI=1S/C16H19BrO5/c1-3-21-16(19)15(18)11-8-13(20-2)14(9-12(11)17)22-10-6-4-5-7-10/h8-10H,3-7H2,1-2H3. The van der Waals surface area contributed by atoms with Crippen LogP contribution < -0.4 is 9.47 Å². The van der Waals surface area contributed by atoms with Crippen molar-refractivity contribution in [1.82, 2.24) is 0 Å². The molecule has 0 amide bonds. The number of carbonyl (C=O) groups excluding carboxylic acids is 2. The first-order valence-corrected chi connectivity index (χ1v) is 8.11. The van der Waals surface area contributed by atoms with Crippen molar-refractivity contribution in [3.8, 4) is 11.5 Å². The lowest BCUT2D eigenvalue weighted by Crippen LogP contribution is -2.18. The number of rotatable bonds is 6. The molecule has 1 aliphatic carbocycles. The SMILES string of the molecule is CCOC(=O)C(=O)c1cc(OC)c(OC2CCCC2)cc1Br. The van der Waals surface area contributed by atoms with E-state index in [0.717, 1.165) is 25.7 Å². The second kappa shape index (κ2) is 7.63. The molecule has 0 heterocycles. The Morgan fingerprint density at radius 1 is 1.23 bits per heavy atom. The normalized spacial score (nSPS) is 14.7. The van der Waals surface area contributed by atoms with Gasteiger partial charge in [0, 0.05) is 10.0 Å². The molecule has 0 atom stereocenters. The largest absolute Gasteiger partial charge is 0.493 e. The van der Waals surface area contributed by atoms with E-state index in [4.69, 9.17) is 14.2 Å². The van der Waals surface area contributed by atoms with Crippen LogP contribution in [0, 0.1) is 0 Å². The summed E-state index contributed by atoms with van der Waals surface area (Å²) in [5.41, 5.74) is 0.203. The minimum atomic E-state index is -0.880. The molecule has 120 valence electrons. The molecule has 0 bridgehead atoms. The van der Waals surface area contributed by atoms with Gasteiger partial charge in [-0.05, 0) is 60.7 Å². The number of ketones is 1. The molecule has 0 unspecified atom stereocenters. The summed E-state index contributed by atoms with van der Waals surface area (Å²) in [6.45, 7) is 1.81. The smallest absolute Gasteiger partial charge is 0.379 e. The van der Waals surface area contributed by atoms with E-state index in [1.54, 1.807) is 13.0 Å². The van der Waals surface area contributed by atoms with E-state index in [2.05, 4.69) is 15.9 Å². The Balaban J connectivity index is 2.26. The van der Waals surface area contributed by atoms with Gasteiger partial charge >= 0.3 is 5.97 Å². The molecule has 1 fully saturated rings. The van der Waals surface area contributed by atoms with Crippen molar-refractivity contribution in [2.75, 3.05) is 13.7 Å². The topological polar surface area (TPSA) is 61.8 Å². The zero-order valence-electron chi connectivity index (χ0n) is 12.7. The molecular formula is C16H19BrO5. The first-order chi connectivity index (χ1) is 10.6. The Morgan fingerprint density at radius 2 is 1.91 bits per heavy atom. The Hall–Kier alpha value is -1.56. The minimum absolute atomic E-state index is 0.155. The summed E-state index contributed by atoms with van der Waals surface area (Å²) in [4.78, 5) is 23.7. The summed E-state index contributed by atoms with van der Waals surface area (Å²) in [7, 11) is 1.50. The van der Waals surface area contributed by atoms with Gasteiger partial charge in [-0.1, -0.05) is 0 Å². The number of hydrogen-bond donors (Lipinski definition) is 0. The lowest BCUT2D eigenvalue weighted by molar-refractivity contribution is -0.137. The van der Waals surface area contributed by atoms with Crippen molar-refractivity contribution in [2.24, 2.45) is 0 Å².